The van der Waals surface area contributed by atoms with Gasteiger partial charge in [-0.2, -0.15) is 5.10 Å². The SMILES string of the molecule is CC(C)CCC(=O)NCc1cn(-c2ccccc2)nc1-c1ccccc1. The van der Waals surface area contributed by atoms with Crippen molar-refractivity contribution in [3.63, 3.8) is 0 Å². The summed E-state index contributed by atoms with van der Waals surface area (Å²) in [6.45, 7) is 4.74. The highest BCUT2D eigenvalue weighted by Crippen LogP contribution is 2.23. The fraction of sp³-hybridized carbons (Fsp3) is 0.273. The van der Waals surface area contributed by atoms with E-state index < -0.39 is 0 Å². The molecular formula is C22H25N3O. The Labute approximate surface area is 154 Å². The highest BCUT2D eigenvalue weighted by atomic mass is 16.1. The molecule has 3 rings (SSSR count). The molecule has 1 heterocycles. The smallest absolute Gasteiger partial charge is 0.220 e. The minimum Gasteiger partial charge on any atom is -0.352 e. The number of nitrogens with one attached hydrogen (secondary N) is 1. The second-order valence-corrected chi connectivity index (χ2v) is 6.86. The van der Waals surface area contributed by atoms with Crippen LogP contribution in [0.15, 0.2) is 66.9 Å². The first-order chi connectivity index (χ1) is 12.6. The number of rotatable bonds is 7. The molecule has 0 saturated carbocycles. The van der Waals surface area contributed by atoms with Crippen molar-refractivity contribution in [3.05, 3.63) is 72.4 Å². The molecule has 4 heteroatoms. The molecule has 4 nitrogen and oxygen atoms in total. The van der Waals surface area contributed by atoms with Gasteiger partial charge in [0.25, 0.3) is 0 Å². The monoisotopic (exact) mass is 347 g/mol. The Morgan fingerprint density at radius 1 is 1.04 bits per heavy atom. The minimum absolute atomic E-state index is 0.0881. The molecule has 0 aliphatic heterocycles. The maximum atomic E-state index is 12.1. The fourth-order valence-corrected chi connectivity index (χ4v) is 2.79. The Hall–Kier alpha value is -2.88. The molecule has 2 aromatic carbocycles. The molecule has 1 amide bonds. The molecule has 0 saturated heterocycles. The first-order valence-electron chi connectivity index (χ1n) is 9.09. The van der Waals surface area contributed by atoms with Gasteiger partial charge in [-0.25, -0.2) is 4.68 Å². The van der Waals surface area contributed by atoms with Crippen LogP contribution in [0.25, 0.3) is 16.9 Å². The molecule has 1 aromatic heterocycles. The third kappa shape index (κ3) is 4.60. The first-order valence-corrected chi connectivity index (χ1v) is 9.09. The lowest BCUT2D eigenvalue weighted by Gasteiger charge is -2.07. The predicted octanol–water partition coefficient (Wildman–Crippen LogP) is 4.59. The molecule has 3 aromatic rings. The van der Waals surface area contributed by atoms with Gasteiger partial charge in [-0.3, -0.25) is 4.79 Å². The van der Waals surface area contributed by atoms with E-state index in [1.54, 1.807) is 0 Å². The number of nitrogens with zero attached hydrogens (tertiary/aromatic N) is 2. The Kier molecular flexibility index (Phi) is 5.84. The number of hydrogen-bond acceptors (Lipinski definition) is 2. The molecule has 26 heavy (non-hydrogen) atoms. The topological polar surface area (TPSA) is 46.9 Å². The molecule has 0 bridgehead atoms. The minimum atomic E-state index is 0.0881. The van der Waals surface area contributed by atoms with Gasteiger partial charge in [0.2, 0.25) is 5.91 Å². The second kappa shape index (κ2) is 8.48. The van der Waals surface area contributed by atoms with Crippen molar-refractivity contribution >= 4 is 5.91 Å². The van der Waals surface area contributed by atoms with Crippen LogP contribution in [-0.2, 0) is 11.3 Å². The fourth-order valence-electron chi connectivity index (χ4n) is 2.79. The summed E-state index contributed by atoms with van der Waals surface area (Å²) in [7, 11) is 0. The maximum absolute atomic E-state index is 12.1. The summed E-state index contributed by atoms with van der Waals surface area (Å²) < 4.78 is 1.87. The number of hydrogen-bond donors (Lipinski definition) is 1. The van der Waals surface area contributed by atoms with E-state index in [9.17, 15) is 4.79 Å². The first kappa shape index (κ1) is 17.9. The van der Waals surface area contributed by atoms with Gasteiger partial charge >= 0.3 is 0 Å². The summed E-state index contributed by atoms with van der Waals surface area (Å²) in [5, 5.41) is 7.81. The molecule has 0 aliphatic carbocycles. The van der Waals surface area contributed by atoms with Gasteiger partial charge in [0.1, 0.15) is 0 Å². The Bertz CT molecular complexity index is 838. The Morgan fingerprint density at radius 2 is 1.69 bits per heavy atom. The molecule has 0 spiro atoms. The standard InChI is InChI=1S/C22H25N3O/c1-17(2)13-14-21(26)23-15-19-16-25(20-11-7-4-8-12-20)24-22(19)18-9-5-3-6-10-18/h3-12,16-17H,13-15H2,1-2H3,(H,23,26). The highest BCUT2D eigenvalue weighted by Gasteiger charge is 2.13. The van der Waals surface area contributed by atoms with Crippen molar-refractivity contribution in [1.29, 1.82) is 0 Å². The Balaban J connectivity index is 1.83. The van der Waals surface area contributed by atoms with E-state index in [1.807, 2.05) is 71.5 Å². The molecule has 1 N–H and O–H groups in total. The summed E-state index contributed by atoms with van der Waals surface area (Å²) in [6.07, 6.45) is 3.46. The number of carbonyl (C=O) groups is 1. The van der Waals surface area contributed by atoms with Crippen LogP contribution < -0.4 is 5.32 Å². The van der Waals surface area contributed by atoms with Crippen LogP contribution in [0.3, 0.4) is 0 Å². The Morgan fingerprint density at radius 3 is 2.35 bits per heavy atom. The summed E-state index contributed by atoms with van der Waals surface area (Å²) >= 11 is 0. The third-order valence-electron chi connectivity index (χ3n) is 4.28. The summed E-state index contributed by atoms with van der Waals surface area (Å²) in [5.41, 5.74) is 3.97. The molecular weight excluding hydrogens is 322 g/mol. The molecule has 0 unspecified atom stereocenters. The van der Waals surface area contributed by atoms with Crippen LogP contribution in [-0.4, -0.2) is 15.7 Å². The average molecular weight is 347 g/mol. The van der Waals surface area contributed by atoms with Crippen molar-refractivity contribution in [3.8, 4) is 16.9 Å². The van der Waals surface area contributed by atoms with Crippen LogP contribution in [0.4, 0.5) is 0 Å². The van der Waals surface area contributed by atoms with Crippen molar-refractivity contribution in [1.82, 2.24) is 15.1 Å². The number of aromatic nitrogens is 2. The van der Waals surface area contributed by atoms with Gasteiger partial charge in [0, 0.05) is 30.3 Å². The predicted molar refractivity (Wildman–Crippen MR) is 105 cm³/mol. The quantitative estimate of drug-likeness (QED) is 0.679. The second-order valence-electron chi connectivity index (χ2n) is 6.86. The van der Waals surface area contributed by atoms with Gasteiger partial charge in [-0.1, -0.05) is 62.4 Å². The average Bonchev–Trinajstić information content (AvgIpc) is 3.10. The molecule has 0 radical (unpaired) electrons. The van der Waals surface area contributed by atoms with Crippen LogP contribution >= 0.6 is 0 Å². The van der Waals surface area contributed by atoms with E-state index in [2.05, 4.69) is 19.2 Å². The summed E-state index contributed by atoms with van der Waals surface area (Å²) in [4.78, 5) is 12.1. The lowest BCUT2D eigenvalue weighted by molar-refractivity contribution is -0.121. The third-order valence-corrected chi connectivity index (χ3v) is 4.28. The molecule has 0 fully saturated rings. The summed E-state index contributed by atoms with van der Waals surface area (Å²) in [5.74, 6) is 0.617. The molecule has 134 valence electrons. The summed E-state index contributed by atoms with van der Waals surface area (Å²) in [6, 6.07) is 20.1. The number of para-hydroxylation sites is 1. The lowest BCUT2D eigenvalue weighted by Crippen LogP contribution is -2.22. The van der Waals surface area contributed by atoms with E-state index in [4.69, 9.17) is 5.10 Å². The van der Waals surface area contributed by atoms with Crippen molar-refractivity contribution in [2.45, 2.75) is 33.2 Å². The van der Waals surface area contributed by atoms with E-state index in [1.165, 1.54) is 0 Å². The maximum Gasteiger partial charge on any atom is 0.220 e. The van der Waals surface area contributed by atoms with Crippen molar-refractivity contribution in [2.75, 3.05) is 0 Å². The van der Waals surface area contributed by atoms with E-state index >= 15 is 0 Å². The largest absolute Gasteiger partial charge is 0.352 e. The number of amides is 1. The zero-order valence-electron chi connectivity index (χ0n) is 15.4. The zero-order chi connectivity index (χ0) is 18.4. The normalized spacial score (nSPS) is 10.9. The highest BCUT2D eigenvalue weighted by molar-refractivity contribution is 5.76. The van der Waals surface area contributed by atoms with Gasteiger partial charge < -0.3 is 5.32 Å². The number of benzene rings is 2. The van der Waals surface area contributed by atoms with E-state index in [-0.39, 0.29) is 5.91 Å². The van der Waals surface area contributed by atoms with Gasteiger partial charge in [0.15, 0.2) is 0 Å². The van der Waals surface area contributed by atoms with Crippen LogP contribution in [0.1, 0.15) is 32.3 Å². The van der Waals surface area contributed by atoms with Crippen molar-refractivity contribution in [2.24, 2.45) is 5.92 Å². The molecule has 0 aliphatic rings. The lowest BCUT2D eigenvalue weighted by atomic mass is 10.1. The van der Waals surface area contributed by atoms with Gasteiger partial charge in [-0.05, 0) is 24.5 Å². The van der Waals surface area contributed by atoms with Gasteiger partial charge in [0.05, 0.1) is 11.4 Å². The van der Waals surface area contributed by atoms with Crippen LogP contribution in [0.5, 0.6) is 0 Å². The van der Waals surface area contributed by atoms with E-state index in [0.29, 0.717) is 18.9 Å². The molecule has 0 atom stereocenters. The van der Waals surface area contributed by atoms with Gasteiger partial charge in [-0.15, -0.1) is 0 Å². The van der Waals surface area contributed by atoms with Crippen molar-refractivity contribution < 1.29 is 4.79 Å². The zero-order valence-corrected chi connectivity index (χ0v) is 15.4. The van der Waals surface area contributed by atoms with E-state index in [0.717, 1.165) is 28.9 Å². The van der Waals surface area contributed by atoms with Crippen LogP contribution in [0, 0.1) is 5.92 Å². The number of carbonyl (C=O) groups excluding carboxylic acids is 1. The van der Waals surface area contributed by atoms with Crippen LogP contribution in [0.2, 0.25) is 0 Å².